The molecule has 1 saturated heterocycles. The molecule has 5 rings (SSSR count). The summed E-state index contributed by atoms with van der Waals surface area (Å²) in [5.74, 6) is 0.988. The monoisotopic (exact) mass is 385 g/mol. The second-order valence-corrected chi connectivity index (χ2v) is 8.06. The first kappa shape index (κ1) is 16.6. The summed E-state index contributed by atoms with van der Waals surface area (Å²) >= 11 is 1.46. The van der Waals surface area contributed by atoms with Crippen LogP contribution in [0.5, 0.6) is 11.5 Å². The molecule has 1 unspecified atom stereocenters. The molecule has 3 aliphatic rings. The van der Waals surface area contributed by atoms with E-state index in [1.54, 1.807) is 18.2 Å². The number of benzene rings is 1. The van der Waals surface area contributed by atoms with E-state index in [0.717, 1.165) is 49.3 Å². The molecule has 1 atom stereocenters. The predicted molar refractivity (Wildman–Crippen MR) is 99.5 cm³/mol. The van der Waals surface area contributed by atoms with Gasteiger partial charge < -0.3 is 14.4 Å². The Morgan fingerprint density at radius 2 is 2.00 bits per heavy atom. The van der Waals surface area contributed by atoms with Gasteiger partial charge in [-0.15, -0.1) is 11.3 Å². The smallest absolute Gasteiger partial charge is 0.257 e. The van der Waals surface area contributed by atoms with Gasteiger partial charge in [0.25, 0.3) is 5.91 Å². The zero-order valence-corrected chi connectivity index (χ0v) is 15.5. The third-order valence-electron chi connectivity index (χ3n) is 5.29. The molecule has 2 amide bonds. The van der Waals surface area contributed by atoms with E-state index in [-0.39, 0.29) is 24.5 Å². The van der Waals surface area contributed by atoms with Gasteiger partial charge >= 0.3 is 0 Å². The van der Waals surface area contributed by atoms with Gasteiger partial charge in [-0.2, -0.15) is 0 Å². The van der Waals surface area contributed by atoms with Gasteiger partial charge in [0.05, 0.1) is 11.6 Å². The summed E-state index contributed by atoms with van der Waals surface area (Å²) in [7, 11) is 0. The van der Waals surface area contributed by atoms with Crippen molar-refractivity contribution >= 4 is 28.3 Å². The maximum atomic E-state index is 12.7. The Morgan fingerprint density at radius 3 is 2.85 bits per heavy atom. The SMILES string of the molecule is O=C(Nc1nc2c(s1)CCC2C(=O)N1CCCC1)c1ccc2c(c1)OCO2. The minimum absolute atomic E-state index is 0.162. The number of amides is 2. The lowest BCUT2D eigenvalue weighted by Gasteiger charge is -2.19. The molecule has 3 heterocycles. The highest BCUT2D eigenvalue weighted by molar-refractivity contribution is 7.16. The fraction of sp³-hybridized carbons (Fsp3) is 0.421. The number of carbonyl (C=O) groups is 2. The van der Waals surface area contributed by atoms with Gasteiger partial charge in [0, 0.05) is 23.5 Å². The van der Waals surface area contributed by atoms with Crippen LogP contribution in [0.25, 0.3) is 0 Å². The number of aromatic nitrogens is 1. The summed E-state index contributed by atoms with van der Waals surface area (Å²) in [6, 6.07) is 5.09. The molecule has 2 aromatic rings. The summed E-state index contributed by atoms with van der Waals surface area (Å²) in [6.45, 7) is 1.87. The van der Waals surface area contributed by atoms with E-state index >= 15 is 0 Å². The number of carbonyl (C=O) groups excluding carboxylic acids is 2. The first-order valence-electron chi connectivity index (χ1n) is 9.18. The van der Waals surface area contributed by atoms with Crippen LogP contribution in [0.1, 0.15) is 46.1 Å². The summed E-state index contributed by atoms with van der Waals surface area (Å²) in [5.41, 5.74) is 1.33. The van der Waals surface area contributed by atoms with Crippen molar-refractivity contribution in [2.45, 2.75) is 31.6 Å². The van der Waals surface area contributed by atoms with Crippen LogP contribution in [0.4, 0.5) is 5.13 Å². The summed E-state index contributed by atoms with van der Waals surface area (Å²) in [5, 5.41) is 3.40. The van der Waals surface area contributed by atoms with Crippen molar-refractivity contribution in [3.05, 3.63) is 34.3 Å². The first-order valence-corrected chi connectivity index (χ1v) is 10.00. The zero-order chi connectivity index (χ0) is 18.4. The zero-order valence-electron chi connectivity index (χ0n) is 14.7. The molecule has 1 aromatic heterocycles. The van der Waals surface area contributed by atoms with Crippen LogP contribution < -0.4 is 14.8 Å². The Balaban J connectivity index is 1.32. The molecule has 1 fully saturated rings. The predicted octanol–water partition coefficient (Wildman–Crippen LogP) is 2.78. The largest absolute Gasteiger partial charge is 0.454 e. The number of likely N-dealkylation sites (tertiary alicyclic amines) is 1. The number of anilines is 1. The number of fused-ring (bicyclic) bond motifs is 2. The van der Waals surface area contributed by atoms with Crippen LogP contribution in [0.3, 0.4) is 0 Å². The van der Waals surface area contributed by atoms with E-state index in [0.29, 0.717) is 22.2 Å². The lowest BCUT2D eigenvalue weighted by molar-refractivity contribution is -0.131. The number of hydrogen-bond donors (Lipinski definition) is 1. The molecule has 2 aliphatic heterocycles. The van der Waals surface area contributed by atoms with Crippen molar-refractivity contribution < 1.29 is 19.1 Å². The molecule has 1 N–H and O–H groups in total. The summed E-state index contributed by atoms with van der Waals surface area (Å²) < 4.78 is 10.6. The molecular weight excluding hydrogens is 366 g/mol. The minimum atomic E-state index is -0.247. The standard InChI is InChI=1S/C19H19N3O4S/c23-17(11-3-5-13-14(9-11)26-10-25-13)21-19-20-16-12(4-6-15(16)27-19)18(24)22-7-1-2-8-22/h3,5,9,12H,1-2,4,6-8,10H2,(H,20,21,23). The summed E-state index contributed by atoms with van der Waals surface area (Å²) in [4.78, 5) is 32.9. The number of nitrogens with zero attached hydrogens (tertiary/aromatic N) is 2. The quantitative estimate of drug-likeness (QED) is 0.879. The van der Waals surface area contributed by atoms with E-state index in [1.165, 1.54) is 11.3 Å². The van der Waals surface area contributed by atoms with Gasteiger partial charge in [-0.1, -0.05) is 0 Å². The topological polar surface area (TPSA) is 80.8 Å². The molecule has 27 heavy (non-hydrogen) atoms. The highest BCUT2D eigenvalue weighted by Crippen LogP contribution is 2.40. The van der Waals surface area contributed by atoms with Crippen molar-refractivity contribution in [1.29, 1.82) is 0 Å². The average Bonchev–Trinajstić information content (AvgIpc) is 3.43. The fourth-order valence-corrected chi connectivity index (χ4v) is 4.92. The van der Waals surface area contributed by atoms with Crippen LogP contribution in [0.2, 0.25) is 0 Å². The van der Waals surface area contributed by atoms with E-state index < -0.39 is 0 Å². The van der Waals surface area contributed by atoms with Gasteiger partial charge in [0.15, 0.2) is 16.6 Å². The molecule has 140 valence electrons. The number of hydrogen-bond acceptors (Lipinski definition) is 6. The molecule has 7 nitrogen and oxygen atoms in total. The maximum absolute atomic E-state index is 12.7. The number of nitrogens with one attached hydrogen (secondary N) is 1. The van der Waals surface area contributed by atoms with Crippen molar-refractivity contribution in [3.8, 4) is 11.5 Å². The van der Waals surface area contributed by atoms with Crippen LogP contribution in [0.15, 0.2) is 18.2 Å². The molecule has 8 heteroatoms. The Bertz CT molecular complexity index is 920. The van der Waals surface area contributed by atoms with Crippen molar-refractivity contribution in [3.63, 3.8) is 0 Å². The minimum Gasteiger partial charge on any atom is -0.454 e. The molecule has 0 bridgehead atoms. The van der Waals surface area contributed by atoms with E-state index in [4.69, 9.17) is 9.47 Å². The van der Waals surface area contributed by atoms with Gasteiger partial charge in [-0.25, -0.2) is 4.98 Å². The number of aryl methyl sites for hydroxylation is 1. The van der Waals surface area contributed by atoms with Crippen LogP contribution in [0, 0.1) is 0 Å². The molecular formula is C19H19N3O4S. The lowest BCUT2D eigenvalue weighted by Crippen LogP contribution is -2.32. The van der Waals surface area contributed by atoms with Gasteiger partial charge in [-0.3, -0.25) is 14.9 Å². The highest BCUT2D eigenvalue weighted by Gasteiger charge is 2.36. The van der Waals surface area contributed by atoms with Crippen molar-refractivity contribution in [2.24, 2.45) is 0 Å². The second kappa shape index (κ2) is 6.53. The van der Waals surface area contributed by atoms with Crippen LogP contribution in [-0.2, 0) is 11.2 Å². The second-order valence-electron chi connectivity index (χ2n) is 6.97. The number of rotatable bonds is 3. The Labute approximate surface area is 160 Å². The Kier molecular flexibility index (Phi) is 4.00. The van der Waals surface area contributed by atoms with Gasteiger partial charge in [-0.05, 0) is 43.9 Å². The van der Waals surface area contributed by atoms with Gasteiger partial charge in [0.2, 0.25) is 12.7 Å². The first-order chi connectivity index (χ1) is 13.2. The molecule has 0 radical (unpaired) electrons. The van der Waals surface area contributed by atoms with E-state index in [2.05, 4.69) is 10.3 Å². The number of ether oxygens (including phenoxy) is 2. The Hall–Kier alpha value is -2.61. The maximum Gasteiger partial charge on any atom is 0.257 e. The molecule has 0 spiro atoms. The van der Waals surface area contributed by atoms with Crippen molar-refractivity contribution in [1.82, 2.24) is 9.88 Å². The van der Waals surface area contributed by atoms with Crippen LogP contribution in [-0.4, -0.2) is 41.6 Å². The van der Waals surface area contributed by atoms with E-state index in [9.17, 15) is 9.59 Å². The summed E-state index contributed by atoms with van der Waals surface area (Å²) in [6.07, 6.45) is 3.83. The molecule has 1 aliphatic carbocycles. The van der Waals surface area contributed by atoms with E-state index in [1.807, 2.05) is 4.90 Å². The normalized spacial score (nSPS) is 20.0. The molecule has 0 saturated carbocycles. The highest BCUT2D eigenvalue weighted by atomic mass is 32.1. The third-order valence-corrected chi connectivity index (χ3v) is 6.34. The fourth-order valence-electron chi connectivity index (χ4n) is 3.89. The van der Waals surface area contributed by atoms with Crippen LogP contribution >= 0.6 is 11.3 Å². The third kappa shape index (κ3) is 2.93. The van der Waals surface area contributed by atoms with Crippen molar-refractivity contribution in [2.75, 3.05) is 25.2 Å². The molecule has 1 aromatic carbocycles. The Morgan fingerprint density at radius 1 is 1.19 bits per heavy atom. The van der Waals surface area contributed by atoms with Gasteiger partial charge in [0.1, 0.15) is 0 Å². The average molecular weight is 385 g/mol. The lowest BCUT2D eigenvalue weighted by atomic mass is 10.1. The number of thiazole rings is 1.